The van der Waals surface area contributed by atoms with Crippen molar-refractivity contribution in [2.24, 2.45) is 23.5 Å². The molecule has 2 saturated carbocycles. The zero-order valence-electron chi connectivity index (χ0n) is 22.1. The maximum atomic E-state index is 13.7. The number of ether oxygens (including phenoxy) is 1. The average molecular weight is 586 g/mol. The number of nitrogens with one attached hydrogen (secondary N) is 1. The van der Waals surface area contributed by atoms with E-state index in [1.807, 2.05) is 0 Å². The number of phenols is 1. The molecule has 3 aliphatic rings. The molecule has 2 unspecified atom stereocenters. The van der Waals surface area contributed by atoms with E-state index in [2.05, 4.69) is 5.32 Å². The Labute approximate surface area is 239 Å². The summed E-state index contributed by atoms with van der Waals surface area (Å²) >= 11 is 5.86. The summed E-state index contributed by atoms with van der Waals surface area (Å²) in [5, 5.41) is 47.3. The molecule has 2 aromatic rings. The first-order valence-corrected chi connectivity index (χ1v) is 13.2. The minimum Gasteiger partial charge on any atom is -0.507 e. The maximum Gasteiger partial charge on any atom is 0.417 e. The molecule has 5 rings (SSSR count). The lowest BCUT2D eigenvalue weighted by atomic mass is 9.56. The van der Waals surface area contributed by atoms with Gasteiger partial charge in [0.15, 0.2) is 17.1 Å². The van der Waals surface area contributed by atoms with Gasteiger partial charge in [0.05, 0.1) is 17.4 Å². The molecule has 0 bridgehead atoms. The van der Waals surface area contributed by atoms with E-state index in [-0.39, 0.29) is 41.8 Å². The van der Waals surface area contributed by atoms with Crippen LogP contribution in [0.25, 0.3) is 5.76 Å². The number of nitrogens with two attached hydrogens (primary N) is 1. The Morgan fingerprint density at radius 3 is 2.41 bits per heavy atom. The lowest BCUT2D eigenvalue weighted by Gasteiger charge is -2.48. The molecule has 41 heavy (non-hydrogen) atoms. The van der Waals surface area contributed by atoms with Crippen molar-refractivity contribution in [3.63, 3.8) is 0 Å². The largest absolute Gasteiger partial charge is 0.507 e. The van der Waals surface area contributed by atoms with Crippen molar-refractivity contribution in [3.8, 4) is 11.5 Å². The number of carbonyl (C=O) groups excluding carboxylic acids is 4. The molecule has 13 heteroatoms. The Balaban J connectivity index is 1.57. The van der Waals surface area contributed by atoms with Gasteiger partial charge in [0.2, 0.25) is 11.7 Å². The number of hydrogen-bond acceptors (Lipinski definition) is 10. The Hall–Kier alpha value is -4.13. The van der Waals surface area contributed by atoms with E-state index in [1.54, 1.807) is 19.0 Å². The van der Waals surface area contributed by atoms with Gasteiger partial charge < -0.3 is 35.8 Å². The number of carbonyl (C=O) groups is 4. The highest BCUT2D eigenvalue weighted by Crippen LogP contribution is 2.53. The lowest BCUT2D eigenvalue weighted by molar-refractivity contribution is -0.174. The van der Waals surface area contributed by atoms with Crippen LogP contribution in [0.5, 0.6) is 11.5 Å². The van der Waals surface area contributed by atoms with Crippen molar-refractivity contribution in [1.29, 1.82) is 0 Å². The molecule has 0 aromatic heterocycles. The second kappa shape index (κ2) is 10.1. The fraction of sp³-hybridized carbons (Fsp3) is 0.357. The number of nitrogens with zero attached hydrogens (tertiary/aromatic N) is 1. The van der Waals surface area contributed by atoms with E-state index in [1.165, 1.54) is 30.3 Å². The lowest BCUT2D eigenvalue weighted by Crippen LogP contribution is -2.66. The third-order valence-corrected chi connectivity index (χ3v) is 8.36. The summed E-state index contributed by atoms with van der Waals surface area (Å²) in [6, 6.07) is 7.47. The number of fused-ring (bicyclic) bond motifs is 3. The van der Waals surface area contributed by atoms with Gasteiger partial charge in [0, 0.05) is 36.3 Å². The number of Topliss-reactive ketones (excluding diaryl/α,β-unsaturated/α-hetero) is 2. The van der Waals surface area contributed by atoms with Crippen LogP contribution < -0.4 is 20.7 Å². The van der Waals surface area contributed by atoms with Crippen LogP contribution in [0, 0.1) is 17.8 Å². The molecule has 0 heterocycles. The highest BCUT2D eigenvalue weighted by molar-refractivity contribution is 6.30. The van der Waals surface area contributed by atoms with Crippen molar-refractivity contribution in [3.05, 3.63) is 52.1 Å². The average Bonchev–Trinajstić information content (AvgIpc) is 2.88. The van der Waals surface area contributed by atoms with E-state index in [4.69, 9.17) is 22.1 Å². The normalized spacial score (nSPS) is 27.0. The van der Waals surface area contributed by atoms with Crippen LogP contribution in [0.3, 0.4) is 0 Å². The van der Waals surface area contributed by atoms with Gasteiger partial charge >= 0.3 is 6.09 Å². The first kappa shape index (κ1) is 28.4. The number of aromatic hydroxyl groups is 1. The molecule has 12 nitrogen and oxygen atoms in total. The van der Waals surface area contributed by atoms with E-state index in [0.29, 0.717) is 16.3 Å². The predicted octanol–water partition coefficient (Wildman–Crippen LogP) is 1.92. The first-order valence-electron chi connectivity index (χ1n) is 12.8. The highest BCUT2D eigenvalue weighted by atomic mass is 35.5. The number of aliphatic hydroxyl groups is 3. The number of anilines is 2. The molecular formula is C28H28ClN3O9. The van der Waals surface area contributed by atoms with Crippen LogP contribution in [0.4, 0.5) is 16.2 Å². The Kier molecular flexibility index (Phi) is 6.96. The van der Waals surface area contributed by atoms with Crippen LogP contribution in [0.1, 0.15) is 24.0 Å². The molecule has 0 radical (unpaired) electrons. The predicted molar refractivity (Wildman–Crippen MR) is 147 cm³/mol. The molecule has 2 fully saturated rings. The van der Waals surface area contributed by atoms with Crippen LogP contribution in [-0.4, -0.2) is 69.8 Å². The summed E-state index contributed by atoms with van der Waals surface area (Å²) in [7, 11) is 3.42. The van der Waals surface area contributed by atoms with Crippen molar-refractivity contribution < 1.29 is 44.3 Å². The number of primary amides is 1. The van der Waals surface area contributed by atoms with Gasteiger partial charge in [-0.1, -0.05) is 11.6 Å². The fourth-order valence-electron chi connectivity index (χ4n) is 6.21. The molecule has 7 N–H and O–H groups in total. The summed E-state index contributed by atoms with van der Waals surface area (Å²) in [6.45, 7) is 0. The van der Waals surface area contributed by atoms with Crippen LogP contribution >= 0.6 is 11.6 Å². The van der Waals surface area contributed by atoms with Gasteiger partial charge in [-0.2, -0.15) is 0 Å². The zero-order chi connectivity index (χ0) is 30.0. The summed E-state index contributed by atoms with van der Waals surface area (Å²) < 4.78 is 5.23. The number of amides is 2. The Bertz CT molecular complexity index is 1520. The smallest absolute Gasteiger partial charge is 0.417 e. The number of phenolic OH excluding ortho intramolecular Hbond substituents is 1. The second-order valence-corrected chi connectivity index (χ2v) is 11.2. The third-order valence-electron chi connectivity index (χ3n) is 8.10. The molecule has 0 spiro atoms. The molecule has 3 aliphatic carbocycles. The van der Waals surface area contributed by atoms with Gasteiger partial charge in [-0.05, 0) is 61.1 Å². The second-order valence-electron chi connectivity index (χ2n) is 10.7. The number of hydrogen-bond donors (Lipinski definition) is 6. The minimum absolute atomic E-state index is 0.0381. The van der Waals surface area contributed by atoms with Gasteiger partial charge in [-0.15, -0.1) is 0 Å². The number of aliphatic hydroxyl groups excluding tert-OH is 2. The number of ketones is 2. The van der Waals surface area contributed by atoms with Gasteiger partial charge in [0.25, 0.3) is 0 Å². The molecule has 216 valence electrons. The molecule has 0 saturated heterocycles. The molecule has 0 aliphatic heterocycles. The van der Waals surface area contributed by atoms with E-state index >= 15 is 0 Å². The Morgan fingerprint density at radius 1 is 1.15 bits per heavy atom. The monoisotopic (exact) mass is 585 g/mol. The summed E-state index contributed by atoms with van der Waals surface area (Å²) in [5.41, 5.74) is 2.98. The molecule has 2 amide bonds. The van der Waals surface area contributed by atoms with Crippen molar-refractivity contribution in [2.45, 2.75) is 31.0 Å². The minimum atomic E-state index is -2.69. The summed E-state index contributed by atoms with van der Waals surface area (Å²) in [5.74, 6) is -8.04. The van der Waals surface area contributed by atoms with Crippen LogP contribution in [-0.2, 0) is 20.8 Å². The highest BCUT2D eigenvalue weighted by Gasteiger charge is 2.64. The summed E-state index contributed by atoms with van der Waals surface area (Å²) in [4.78, 5) is 53.1. The molecule has 2 aromatic carbocycles. The van der Waals surface area contributed by atoms with Gasteiger partial charge in [-0.3, -0.25) is 19.7 Å². The van der Waals surface area contributed by atoms with Crippen molar-refractivity contribution in [2.75, 3.05) is 24.3 Å². The number of rotatable bonds is 4. The Morgan fingerprint density at radius 2 is 1.80 bits per heavy atom. The first-order chi connectivity index (χ1) is 19.2. The third kappa shape index (κ3) is 4.48. The molecular weight excluding hydrogens is 558 g/mol. The van der Waals surface area contributed by atoms with Crippen molar-refractivity contribution >= 4 is 52.3 Å². The van der Waals surface area contributed by atoms with E-state index in [0.717, 1.165) is 0 Å². The number of halogens is 1. The SMILES string of the molecule is CN(C)c1cc(NC(=O)Oc2ccc(Cl)cc2)c(O)c2c1C[C@H]1C[C@H]3CC(O)C(C(N)=O)C(=O)[C@@]3(O)C(=O)C1=C2O. The van der Waals surface area contributed by atoms with Crippen LogP contribution in [0.15, 0.2) is 35.9 Å². The van der Waals surface area contributed by atoms with Gasteiger partial charge in [0.1, 0.15) is 17.4 Å². The summed E-state index contributed by atoms with van der Waals surface area (Å²) in [6.07, 6.45) is -2.47. The maximum absolute atomic E-state index is 13.7. The topological polar surface area (TPSA) is 200 Å². The van der Waals surface area contributed by atoms with E-state index < -0.39 is 64.5 Å². The van der Waals surface area contributed by atoms with Crippen LogP contribution in [0.2, 0.25) is 5.02 Å². The van der Waals surface area contributed by atoms with E-state index in [9.17, 15) is 39.6 Å². The standard InChI is InChI=1S/C28H28ClN3O9/c1-32(2)17-10-16(31-27(39)41-14-5-3-13(29)4-6-14)22(34)20-15(17)8-11-7-12-9-18(33)21(26(30)38)25(37)28(12,40)24(36)19(11)23(20)35/h3-6,10-12,18,21,33-35,40H,7-9H2,1-2H3,(H2,30,38)(H,31,39)/t11-,12+,18?,21?,28+/m1/s1. The number of benzene rings is 2. The zero-order valence-corrected chi connectivity index (χ0v) is 22.8. The quantitative estimate of drug-likeness (QED) is 0.227. The fourth-order valence-corrected chi connectivity index (χ4v) is 6.34. The molecule has 5 atom stereocenters. The van der Waals surface area contributed by atoms with Crippen molar-refractivity contribution in [1.82, 2.24) is 0 Å². The van der Waals surface area contributed by atoms with Gasteiger partial charge in [-0.25, -0.2) is 4.79 Å².